The lowest BCUT2D eigenvalue weighted by Crippen LogP contribution is -2.40. The molecule has 0 saturated carbocycles. The second-order valence-electron chi connectivity index (χ2n) is 5.47. The van der Waals surface area contributed by atoms with E-state index < -0.39 is 5.41 Å². The minimum atomic E-state index is -0.558. The molecule has 0 spiro atoms. The molecule has 0 saturated heterocycles. The minimum absolute atomic E-state index is 0.0257. The van der Waals surface area contributed by atoms with E-state index in [1.165, 1.54) is 0 Å². The molecule has 4 nitrogen and oxygen atoms in total. The highest BCUT2D eigenvalue weighted by molar-refractivity contribution is 5.87. The van der Waals surface area contributed by atoms with Gasteiger partial charge in [-0.3, -0.25) is 4.79 Å². The molecule has 4 heteroatoms. The summed E-state index contributed by atoms with van der Waals surface area (Å²) in [6, 6.07) is 7.45. The van der Waals surface area contributed by atoms with E-state index in [1.807, 2.05) is 38.1 Å². The maximum absolute atomic E-state index is 12.3. The summed E-state index contributed by atoms with van der Waals surface area (Å²) in [4.78, 5) is 12.3. The quantitative estimate of drug-likeness (QED) is 0.567. The van der Waals surface area contributed by atoms with Crippen molar-refractivity contribution in [3.05, 3.63) is 29.8 Å². The van der Waals surface area contributed by atoms with Gasteiger partial charge in [-0.05, 0) is 44.4 Å². The first kappa shape index (κ1) is 16.5. The van der Waals surface area contributed by atoms with Crippen LogP contribution in [0, 0.1) is 0 Å². The molecule has 0 heterocycles. The Kier molecular flexibility index (Phi) is 6.52. The molecule has 1 amide bonds. The second-order valence-corrected chi connectivity index (χ2v) is 5.47. The van der Waals surface area contributed by atoms with E-state index in [1.54, 1.807) is 0 Å². The van der Waals surface area contributed by atoms with E-state index in [9.17, 15) is 4.79 Å². The van der Waals surface area contributed by atoms with Gasteiger partial charge in [-0.25, -0.2) is 0 Å². The van der Waals surface area contributed by atoms with Crippen molar-refractivity contribution >= 4 is 11.6 Å². The molecule has 3 N–H and O–H groups in total. The van der Waals surface area contributed by atoms with Gasteiger partial charge in [0.05, 0.1) is 5.41 Å². The highest BCUT2D eigenvalue weighted by atomic mass is 16.5. The minimum Gasteiger partial charge on any atom is -0.399 e. The molecule has 20 heavy (non-hydrogen) atoms. The number of hydrogen-bond acceptors (Lipinski definition) is 3. The predicted molar refractivity (Wildman–Crippen MR) is 82.6 cm³/mol. The van der Waals surface area contributed by atoms with Gasteiger partial charge in [0.2, 0.25) is 5.91 Å². The summed E-state index contributed by atoms with van der Waals surface area (Å²) in [5.74, 6) is 0.0257. The monoisotopic (exact) mass is 278 g/mol. The number of rotatable bonds is 8. The molecule has 1 aromatic carbocycles. The van der Waals surface area contributed by atoms with Crippen LogP contribution in [0.25, 0.3) is 0 Å². The van der Waals surface area contributed by atoms with Crippen molar-refractivity contribution < 1.29 is 9.53 Å². The number of nitrogens with two attached hydrogens (primary N) is 1. The zero-order chi connectivity index (χ0) is 15.0. The van der Waals surface area contributed by atoms with Crippen molar-refractivity contribution in [2.45, 2.75) is 39.0 Å². The summed E-state index contributed by atoms with van der Waals surface area (Å²) >= 11 is 0. The fourth-order valence-electron chi connectivity index (χ4n) is 1.87. The lowest BCUT2D eigenvalue weighted by atomic mass is 9.83. The number of amides is 1. The molecule has 0 fully saturated rings. The smallest absolute Gasteiger partial charge is 0.230 e. The predicted octanol–water partition coefficient (Wildman–Crippen LogP) is 2.48. The number of nitrogens with one attached hydrogen (secondary N) is 1. The third kappa shape index (κ3) is 4.85. The van der Waals surface area contributed by atoms with Crippen molar-refractivity contribution in [3.8, 4) is 0 Å². The van der Waals surface area contributed by atoms with Crippen molar-refractivity contribution in [1.29, 1.82) is 0 Å². The average Bonchev–Trinajstić information content (AvgIpc) is 2.43. The van der Waals surface area contributed by atoms with Crippen LogP contribution in [0.4, 0.5) is 5.69 Å². The number of hydrogen-bond donors (Lipinski definition) is 2. The van der Waals surface area contributed by atoms with Crippen molar-refractivity contribution in [3.63, 3.8) is 0 Å². The van der Waals surface area contributed by atoms with E-state index in [0.717, 1.165) is 25.0 Å². The molecule has 0 bridgehead atoms. The molecule has 112 valence electrons. The highest BCUT2D eigenvalue weighted by Crippen LogP contribution is 2.24. The second kappa shape index (κ2) is 7.90. The number of nitrogen functional groups attached to an aromatic ring is 1. The van der Waals surface area contributed by atoms with Crippen LogP contribution in [-0.2, 0) is 14.9 Å². The number of ether oxygens (including phenoxy) is 1. The highest BCUT2D eigenvalue weighted by Gasteiger charge is 2.29. The SMILES string of the molecule is CCCOCCCNC(=O)C(C)(C)c1ccc(N)cc1. The molecule has 0 aliphatic carbocycles. The molecule has 0 unspecified atom stereocenters. The summed E-state index contributed by atoms with van der Waals surface area (Å²) in [6.07, 6.45) is 1.86. The van der Waals surface area contributed by atoms with Crippen LogP contribution in [0.15, 0.2) is 24.3 Å². The first-order chi connectivity index (χ1) is 9.48. The van der Waals surface area contributed by atoms with Crippen LogP contribution >= 0.6 is 0 Å². The summed E-state index contributed by atoms with van der Waals surface area (Å²) in [5, 5.41) is 2.96. The van der Waals surface area contributed by atoms with Crippen molar-refractivity contribution in [2.75, 3.05) is 25.5 Å². The van der Waals surface area contributed by atoms with Crippen molar-refractivity contribution in [2.24, 2.45) is 0 Å². The van der Waals surface area contributed by atoms with E-state index in [-0.39, 0.29) is 5.91 Å². The van der Waals surface area contributed by atoms with E-state index >= 15 is 0 Å². The first-order valence-electron chi connectivity index (χ1n) is 7.20. The number of carbonyl (C=O) groups excluding carboxylic acids is 1. The Balaban J connectivity index is 2.43. The summed E-state index contributed by atoms with van der Waals surface area (Å²) < 4.78 is 5.38. The molecule has 0 aromatic heterocycles. The lowest BCUT2D eigenvalue weighted by molar-refractivity contribution is -0.125. The zero-order valence-electron chi connectivity index (χ0n) is 12.7. The summed E-state index contributed by atoms with van der Waals surface area (Å²) in [5.41, 5.74) is 6.78. The molecule has 0 aliphatic rings. The fourth-order valence-corrected chi connectivity index (χ4v) is 1.87. The Labute approximate surface area is 121 Å². The van der Waals surface area contributed by atoms with Gasteiger partial charge < -0.3 is 15.8 Å². The lowest BCUT2D eigenvalue weighted by Gasteiger charge is -2.24. The van der Waals surface area contributed by atoms with E-state index in [2.05, 4.69) is 12.2 Å². The Morgan fingerprint density at radius 3 is 2.50 bits per heavy atom. The van der Waals surface area contributed by atoms with Gasteiger partial charge in [-0.2, -0.15) is 0 Å². The average molecular weight is 278 g/mol. The third-order valence-electron chi connectivity index (χ3n) is 3.30. The number of carbonyl (C=O) groups is 1. The maximum Gasteiger partial charge on any atom is 0.230 e. The van der Waals surface area contributed by atoms with Crippen LogP contribution in [0.2, 0.25) is 0 Å². The molecular weight excluding hydrogens is 252 g/mol. The Morgan fingerprint density at radius 1 is 1.25 bits per heavy atom. The van der Waals surface area contributed by atoms with Crippen LogP contribution in [0.1, 0.15) is 39.2 Å². The summed E-state index contributed by atoms with van der Waals surface area (Å²) in [6.45, 7) is 8.03. The van der Waals surface area contributed by atoms with Crippen LogP contribution in [0.5, 0.6) is 0 Å². The standard InChI is InChI=1S/C16H26N2O2/c1-4-11-20-12-5-10-18-15(19)16(2,3)13-6-8-14(17)9-7-13/h6-9H,4-5,10-12,17H2,1-3H3,(H,18,19). The number of benzene rings is 1. The van der Waals surface area contributed by atoms with Crippen LogP contribution in [-0.4, -0.2) is 25.7 Å². The topological polar surface area (TPSA) is 64.3 Å². The molecule has 0 atom stereocenters. The van der Waals surface area contributed by atoms with Crippen LogP contribution < -0.4 is 11.1 Å². The normalized spacial score (nSPS) is 11.3. The van der Waals surface area contributed by atoms with Gasteiger partial charge in [0.25, 0.3) is 0 Å². The third-order valence-corrected chi connectivity index (χ3v) is 3.30. The Bertz CT molecular complexity index is 413. The van der Waals surface area contributed by atoms with Crippen molar-refractivity contribution in [1.82, 2.24) is 5.32 Å². The molecular formula is C16H26N2O2. The van der Waals surface area contributed by atoms with Crippen LogP contribution in [0.3, 0.4) is 0 Å². The molecule has 0 aliphatic heterocycles. The Morgan fingerprint density at radius 2 is 1.90 bits per heavy atom. The van der Waals surface area contributed by atoms with Gasteiger partial charge in [-0.15, -0.1) is 0 Å². The van der Waals surface area contributed by atoms with Gasteiger partial charge >= 0.3 is 0 Å². The van der Waals surface area contributed by atoms with E-state index in [0.29, 0.717) is 18.8 Å². The molecule has 1 aromatic rings. The van der Waals surface area contributed by atoms with Gasteiger partial charge in [0.15, 0.2) is 0 Å². The van der Waals surface area contributed by atoms with Gasteiger partial charge in [-0.1, -0.05) is 19.1 Å². The largest absolute Gasteiger partial charge is 0.399 e. The fraction of sp³-hybridized carbons (Fsp3) is 0.562. The Hall–Kier alpha value is -1.55. The van der Waals surface area contributed by atoms with E-state index in [4.69, 9.17) is 10.5 Å². The van der Waals surface area contributed by atoms with Gasteiger partial charge in [0, 0.05) is 25.4 Å². The van der Waals surface area contributed by atoms with Gasteiger partial charge in [0.1, 0.15) is 0 Å². The summed E-state index contributed by atoms with van der Waals surface area (Å²) in [7, 11) is 0. The zero-order valence-corrected chi connectivity index (χ0v) is 12.7. The maximum atomic E-state index is 12.3. The molecule has 0 radical (unpaired) electrons. The molecule has 1 rings (SSSR count). The first-order valence-corrected chi connectivity index (χ1v) is 7.20. The number of anilines is 1.